The van der Waals surface area contributed by atoms with E-state index in [-0.39, 0.29) is 5.25 Å². The Labute approximate surface area is 91.9 Å². The van der Waals surface area contributed by atoms with Crippen molar-refractivity contribution < 1.29 is 4.74 Å². The van der Waals surface area contributed by atoms with E-state index in [1.165, 1.54) is 11.1 Å². The maximum absolute atomic E-state index is 5.32. The molecule has 0 amide bonds. The van der Waals surface area contributed by atoms with Crippen molar-refractivity contribution in [1.29, 1.82) is 0 Å². The summed E-state index contributed by atoms with van der Waals surface area (Å²) >= 11 is 4.43. The average Bonchev–Trinajstić information content (AvgIpc) is 2.16. The number of hydrogen-bond donors (Lipinski definition) is 1. The Hall–Kier alpha value is -0.630. The van der Waals surface area contributed by atoms with E-state index in [0.29, 0.717) is 5.92 Å². The standard InChI is InChI=1S/C12H18OS/c1-8(2)11-7-10(9(3)14)5-6-12(11)13-4/h5-9,14H,1-4H3. The minimum Gasteiger partial charge on any atom is -0.496 e. The van der Waals surface area contributed by atoms with Gasteiger partial charge >= 0.3 is 0 Å². The van der Waals surface area contributed by atoms with Crippen molar-refractivity contribution in [3.63, 3.8) is 0 Å². The molecule has 1 atom stereocenters. The molecule has 1 aromatic carbocycles. The van der Waals surface area contributed by atoms with Gasteiger partial charge in [-0.2, -0.15) is 12.6 Å². The van der Waals surface area contributed by atoms with Gasteiger partial charge in [0.15, 0.2) is 0 Å². The molecule has 0 heterocycles. The highest BCUT2D eigenvalue weighted by molar-refractivity contribution is 7.80. The predicted octanol–water partition coefficient (Wildman–Crippen LogP) is 3.81. The van der Waals surface area contributed by atoms with E-state index >= 15 is 0 Å². The molecular weight excluding hydrogens is 192 g/mol. The van der Waals surface area contributed by atoms with Crippen LogP contribution in [0.5, 0.6) is 5.75 Å². The molecule has 2 heteroatoms. The van der Waals surface area contributed by atoms with Gasteiger partial charge in [-0.3, -0.25) is 0 Å². The molecule has 0 bridgehead atoms. The van der Waals surface area contributed by atoms with Crippen molar-refractivity contribution in [3.8, 4) is 5.75 Å². The molecule has 78 valence electrons. The quantitative estimate of drug-likeness (QED) is 0.746. The van der Waals surface area contributed by atoms with Crippen LogP contribution in [0.25, 0.3) is 0 Å². The average molecular weight is 210 g/mol. The topological polar surface area (TPSA) is 9.23 Å². The minimum absolute atomic E-state index is 0.276. The van der Waals surface area contributed by atoms with E-state index in [9.17, 15) is 0 Å². The van der Waals surface area contributed by atoms with Crippen LogP contribution in [-0.4, -0.2) is 7.11 Å². The molecule has 0 fully saturated rings. The maximum Gasteiger partial charge on any atom is 0.122 e. The van der Waals surface area contributed by atoms with Gasteiger partial charge in [0.2, 0.25) is 0 Å². The van der Waals surface area contributed by atoms with Gasteiger partial charge in [-0.25, -0.2) is 0 Å². The van der Waals surface area contributed by atoms with Crippen molar-refractivity contribution in [2.45, 2.75) is 31.9 Å². The number of thiol groups is 1. The Bertz CT molecular complexity index is 305. The van der Waals surface area contributed by atoms with E-state index in [0.717, 1.165) is 5.75 Å². The lowest BCUT2D eigenvalue weighted by Crippen LogP contribution is -1.96. The van der Waals surface area contributed by atoms with E-state index in [4.69, 9.17) is 4.74 Å². The summed E-state index contributed by atoms with van der Waals surface area (Å²) < 4.78 is 5.32. The number of ether oxygens (including phenoxy) is 1. The molecule has 0 aliphatic carbocycles. The summed E-state index contributed by atoms with van der Waals surface area (Å²) in [4.78, 5) is 0. The molecule has 0 N–H and O–H groups in total. The number of hydrogen-bond acceptors (Lipinski definition) is 2. The number of methoxy groups -OCH3 is 1. The predicted molar refractivity (Wildman–Crippen MR) is 64.5 cm³/mol. The van der Waals surface area contributed by atoms with Gasteiger partial charge < -0.3 is 4.74 Å². The first-order valence-electron chi connectivity index (χ1n) is 4.92. The number of benzene rings is 1. The zero-order valence-corrected chi connectivity index (χ0v) is 10.1. The first-order valence-corrected chi connectivity index (χ1v) is 5.43. The van der Waals surface area contributed by atoms with Crippen molar-refractivity contribution in [2.75, 3.05) is 7.11 Å². The van der Waals surface area contributed by atoms with Crippen LogP contribution in [0.2, 0.25) is 0 Å². The highest BCUT2D eigenvalue weighted by Gasteiger charge is 2.09. The van der Waals surface area contributed by atoms with Gasteiger partial charge in [0.25, 0.3) is 0 Å². The third-order valence-electron chi connectivity index (χ3n) is 2.36. The number of rotatable bonds is 3. The summed E-state index contributed by atoms with van der Waals surface area (Å²) in [6.07, 6.45) is 0. The second kappa shape index (κ2) is 4.74. The lowest BCUT2D eigenvalue weighted by molar-refractivity contribution is 0.407. The summed E-state index contributed by atoms with van der Waals surface area (Å²) in [5.41, 5.74) is 2.50. The van der Waals surface area contributed by atoms with E-state index in [1.807, 2.05) is 6.07 Å². The van der Waals surface area contributed by atoms with E-state index in [2.05, 4.69) is 45.5 Å². The molecule has 0 radical (unpaired) electrons. The molecule has 1 nitrogen and oxygen atoms in total. The van der Waals surface area contributed by atoms with E-state index < -0.39 is 0 Å². The zero-order chi connectivity index (χ0) is 10.7. The summed E-state index contributed by atoms with van der Waals surface area (Å²) in [5.74, 6) is 1.45. The first kappa shape index (κ1) is 11.4. The molecule has 1 aromatic rings. The van der Waals surface area contributed by atoms with Crippen LogP contribution < -0.4 is 4.74 Å². The molecule has 0 aliphatic rings. The fraction of sp³-hybridized carbons (Fsp3) is 0.500. The first-order chi connectivity index (χ1) is 6.56. The SMILES string of the molecule is COc1ccc(C(C)S)cc1C(C)C. The summed E-state index contributed by atoms with van der Waals surface area (Å²) in [6, 6.07) is 6.28. The fourth-order valence-corrected chi connectivity index (χ4v) is 1.62. The lowest BCUT2D eigenvalue weighted by Gasteiger charge is -2.14. The monoisotopic (exact) mass is 210 g/mol. The van der Waals surface area contributed by atoms with Gasteiger partial charge in [-0.05, 0) is 30.0 Å². The molecule has 1 unspecified atom stereocenters. The third kappa shape index (κ3) is 2.44. The molecule has 0 saturated carbocycles. The van der Waals surface area contributed by atoms with Crippen molar-refractivity contribution >= 4 is 12.6 Å². The van der Waals surface area contributed by atoms with E-state index in [1.54, 1.807) is 7.11 Å². The van der Waals surface area contributed by atoms with Crippen molar-refractivity contribution in [3.05, 3.63) is 29.3 Å². The summed E-state index contributed by atoms with van der Waals surface area (Å²) in [7, 11) is 1.71. The fourth-order valence-electron chi connectivity index (χ4n) is 1.46. The van der Waals surface area contributed by atoms with Gasteiger partial charge in [-0.1, -0.05) is 26.0 Å². The molecule has 0 spiro atoms. The lowest BCUT2D eigenvalue weighted by atomic mass is 9.98. The van der Waals surface area contributed by atoms with Crippen molar-refractivity contribution in [2.24, 2.45) is 0 Å². The van der Waals surface area contributed by atoms with Crippen LogP contribution in [0.1, 0.15) is 43.1 Å². The second-order valence-corrected chi connectivity index (χ2v) is 4.61. The van der Waals surface area contributed by atoms with Crippen LogP contribution in [0.4, 0.5) is 0 Å². The Morgan fingerprint density at radius 1 is 1.21 bits per heavy atom. The Morgan fingerprint density at radius 2 is 1.86 bits per heavy atom. The van der Waals surface area contributed by atoms with Crippen molar-refractivity contribution in [1.82, 2.24) is 0 Å². The van der Waals surface area contributed by atoms with Gasteiger partial charge in [0, 0.05) is 5.25 Å². The van der Waals surface area contributed by atoms with Gasteiger partial charge in [0.05, 0.1) is 7.11 Å². The van der Waals surface area contributed by atoms with Gasteiger partial charge in [-0.15, -0.1) is 0 Å². The summed E-state index contributed by atoms with van der Waals surface area (Å²) in [6.45, 7) is 6.42. The highest BCUT2D eigenvalue weighted by Crippen LogP contribution is 2.30. The molecule has 14 heavy (non-hydrogen) atoms. The summed E-state index contributed by atoms with van der Waals surface area (Å²) in [5, 5.41) is 0.276. The largest absolute Gasteiger partial charge is 0.496 e. The van der Waals surface area contributed by atoms with Crippen LogP contribution in [0.3, 0.4) is 0 Å². The highest BCUT2D eigenvalue weighted by atomic mass is 32.1. The third-order valence-corrected chi connectivity index (χ3v) is 2.66. The van der Waals surface area contributed by atoms with Gasteiger partial charge in [0.1, 0.15) is 5.75 Å². The molecule has 1 rings (SSSR count). The zero-order valence-electron chi connectivity index (χ0n) is 9.24. The molecule has 0 saturated heterocycles. The molecular formula is C12H18OS. The van der Waals surface area contributed by atoms with Crippen LogP contribution in [-0.2, 0) is 0 Å². The Morgan fingerprint density at radius 3 is 2.29 bits per heavy atom. The normalized spacial score (nSPS) is 13.0. The molecule has 0 aliphatic heterocycles. The van der Waals surface area contributed by atoms with Crippen LogP contribution >= 0.6 is 12.6 Å². The smallest absolute Gasteiger partial charge is 0.122 e. The maximum atomic E-state index is 5.32. The van der Waals surface area contributed by atoms with Crippen LogP contribution in [0, 0.1) is 0 Å². The Balaban J connectivity index is 3.14. The Kier molecular flexibility index (Phi) is 3.87. The second-order valence-electron chi connectivity index (χ2n) is 3.83. The minimum atomic E-state index is 0.276. The molecule has 0 aromatic heterocycles. The van der Waals surface area contributed by atoms with Crippen LogP contribution in [0.15, 0.2) is 18.2 Å².